The molecular formula is C21H24FNO6. The van der Waals surface area contributed by atoms with E-state index in [-0.39, 0.29) is 22.9 Å². The molecule has 8 heteroatoms. The Morgan fingerprint density at radius 2 is 1.62 bits per heavy atom. The first kappa shape index (κ1) is 22.0. The highest BCUT2D eigenvalue weighted by molar-refractivity contribution is 5.96. The average molecular weight is 405 g/mol. The van der Waals surface area contributed by atoms with Crippen LogP contribution in [0.4, 0.5) is 4.39 Å². The fourth-order valence-electron chi connectivity index (χ4n) is 2.66. The van der Waals surface area contributed by atoms with Gasteiger partial charge in [0.2, 0.25) is 5.75 Å². The summed E-state index contributed by atoms with van der Waals surface area (Å²) < 4.78 is 33.8. The van der Waals surface area contributed by atoms with Crippen LogP contribution < -0.4 is 19.5 Å². The Balaban J connectivity index is 1.97. The number of amides is 1. The molecule has 0 aliphatic heterocycles. The molecule has 2 aromatic rings. The first-order valence-corrected chi connectivity index (χ1v) is 8.93. The molecule has 0 bridgehead atoms. The van der Waals surface area contributed by atoms with Gasteiger partial charge in [0, 0.05) is 6.54 Å². The summed E-state index contributed by atoms with van der Waals surface area (Å²) in [5.74, 6) is -0.693. The topological polar surface area (TPSA) is 83.1 Å². The second-order valence-electron chi connectivity index (χ2n) is 6.10. The van der Waals surface area contributed by atoms with Crippen molar-refractivity contribution >= 4 is 11.9 Å². The van der Waals surface area contributed by atoms with Crippen molar-refractivity contribution in [2.45, 2.75) is 19.4 Å². The van der Waals surface area contributed by atoms with Gasteiger partial charge in [0.25, 0.3) is 5.91 Å². The molecule has 0 fully saturated rings. The van der Waals surface area contributed by atoms with E-state index in [0.29, 0.717) is 18.7 Å². The maximum atomic E-state index is 12.9. The largest absolute Gasteiger partial charge is 0.493 e. The number of esters is 1. The summed E-state index contributed by atoms with van der Waals surface area (Å²) in [5, 5.41) is 2.69. The molecule has 2 aromatic carbocycles. The lowest BCUT2D eigenvalue weighted by Gasteiger charge is -2.17. The second-order valence-corrected chi connectivity index (χ2v) is 6.10. The van der Waals surface area contributed by atoms with E-state index in [1.165, 1.54) is 46.5 Å². The summed E-state index contributed by atoms with van der Waals surface area (Å²) in [4.78, 5) is 24.7. The van der Waals surface area contributed by atoms with Crippen LogP contribution in [0.1, 0.15) is 22.8 Å². The molecule has 2 rings (SSSR count). The summed E-state index contributed by atoms with van der Waals surface area (Å²) in [6, 6.07) is 9.03. The molecule has 1 N–H and O–H groups in total. The molecule has 0 aliphatic carbocycles. The van der Waals surface area contributed by atoms with Crippen molar-refractivity contribution in [3.8, 4) is 17.2 Å². The number of hydrogen-bond donors (Lipinski definition) is 1. The molecule has 0 saturated carbocycles. The first-order valence-electron chi connectivity index (χ1n) is 8.93. The van der Waals surface area contributed by atoms with Crippen LogP contribution in [0.2, 0.25) is 0 Å². The summed E-state index contributed by atoms with van der Waals surface area (Å²) in [6.07, 6.45) is -0.496. The van der Waals surface area contributed by atoms with E-state index in [2.05, 4.69) is 5.32 Å². The van der Waals surface area contributed by atoms with Gasteiger partial charge in [-0.25, -0.2) is 9.18 Å². The van der Waals surface area contributed by atoms with Gasteiger partial charge in [-0.15, -0.1) is 0 Å². The molecule has 0 heterocycles. The summed E-state index contributed by atoms with van der Waals surface area (Å²) in [7, 11) is 4.28. The van der Waals surface area contributed by atoms with Gasteiger partial charge in [-0.2, -0.15) is 0 Å². The minimum atomic E-state index is -1.02. The van der Waals surface area contributed by atoms with Gasteiger partial charge in [-0.3, -0.25) is 4.79 Å². The number of carbonyl (C=O) groups is 2. The lowest BCUT2D eigenvalue weighted by atomic mass is 10.1. The summed E-state index contributed by atoms with van der Waals surface area (Å²) >= 11 is 0. The van der Waals surface area contributed by atoms with Crippen molar-refractivity contribution < 1.29 is 32.9 Å². The highest BCUT2D eigenvalue weighted by Gasteiger charge is 2.25. The van der Waals surface area contributed by atoms with Crippen molar-refractivity contribution in [1.82, 2.24) is 5.32 Å². The standard InChI is InChI=1S/C21H24FNO6/c1-13(20(24)23-12-11-14-5-7-15(22)8-6-14)29-21(25)16-9-10-17(26-2)19(28-4)18(16)27-3/h5-10,13H,11-12H2,1-4H3,(H,23,24)/t13-/m1/s1. The van der Waals surface area contributed by atoms with Crippen LogP contribution in [0, 0.1) is 5.82 Å². The van der Waals surface area contributed by atoms with Crippen molar-refractivity contribution in [3.63, 3.8) is 0 Å². The Kier molecular flexibility index (Phi) is 7.82. The highest BCUT2D eigenvalue weighted by atomic mass is 19.1. The molecular weight excluding hydrogens is 381 g/mol. The fraction of sp³-hybridized carbons (Fsp3) is 0.333. The molecule has 7 nitrogen and oxygen atoms in total. The average Bonchev–Trinajstić information content (AvgIpc) is 2.73. The third-order valence-electron chi connectivity index (χ3n) is 4.20. The Bertz CT molecular complexity index is 853. The monoisotopic (exact) mass is 405 g/mol. The predicted octanol–water partition coefficient (Wildman–Crippen LogP) is 2.76. The number of methoxy groups -OCH3 is 3. The molecule has 1 atom stereocenters. The Morgan fingerprint density at radius 1 is 0.966 bits per heavy atom. The van der Waals surface area contributed by atoms with Gasteiger partial charge in [-0.1, -0.05) is 12.1 Å². The lowest BCUT2D eigenvalue weighted by molar-refractivity contribution is -0.129. The second kappa shape index (κ2) is 10.3. The van der Waals surface area contributed by atoms with Gasteiger partial charge in [0.05, 0.1) is 21.3 Å². The lowest BCUT2D eigenvalue weighted by Crippen LogP contribution is -2.37. The smallest absolute Gasteiger partial charge is 0.342 e. The van der Waals surface area contributed by atoms with E-state index in [1.807, 2.05) is 0 Å². The van der Waals surface area contributed by atoms with Gasteiger partial charge in [-0.05, 0) is 43.2 Å². The Labute approximate surface area is 168 Å². The number of carbonyl (C=O) groups excluding carboxylic acids is 2. The van der Waals surface area contributed by atoms with Gasteiger partial charge < -0.3 is 24.3 Å². The van der Waals surface area contributed by atoms with Crippen molar-refractivity contribution in [2.24, 2.45) is 0 Å². The third-order valence-corrected chi connectivity index (χ3v) is 4.20. The van der Waals surface area contributed by atoms with E-state index in [0.717, 1.165) is 5.56 Å². The minimum absolute atomic E-state index is 0.108. The zero-order chi connectivity index (χ0) is 21.4. The maximum absolute atomic E-state index is 12.9. The third kappa shape index (κ3) is 5.60. The van der Waals surface area contributed by atoms with Crippen LogP contribution in [0.25, 0.3) is 0 Å². The molecule has 156 valence electrons. The zero-order valence-electron chi connectivity index (χ0n) is 16.8. The van der Waals surface area contributed by atoms with Gasteiger partial charge in [0.1, 0.15) is 11.4 Å². The SMILES string of the molecule is COc1ccc(C(=O)O[C@H](C)C(=O)NCCc2ccc(F)cc2)c(OC)c1OC. The first-order chi connectivity index (χ1) is 13.9. The number of halogens is 1. The molecule has 0 saturated heterocycles. The molecule has 0 spiro atoms. The van der Waals surface area contributed by atoms with Crippen molar-refractivity contribution in [1.29, 1.82) is 0 Å². The van der Waals surface area contributed by atoms with Crippen molar-refractivity contribution in [3.05, 3.63) is 53.3 Å². The van der Waals surface area contributed by atoms with Gasteiger partial charge >= 0.3 is 5.97 Å². The Hall–Kier alpha value is -3.29. The van der Waals surface area contributed by atoms with Crippen LogP contribution in [0.15, 0.2) is 36.4 Å². The number of benzene rings is 2. The van der Waals surface area contributed by atoms with Crippen molar-refractivity contribution in [2.75, 3.05) is 27.9 Å². The van der Waals surface area contributed by atoms with Crippen LogP contribution in [0.5, 0.6) is 17.2 Å². The number of rotatable bonds is 9. The molecule has 0 radical (unpaired) electrons. The number of hydrogen-bond acceptors (Lipinski definition) is 6. The van der Waals surface area contributed by atoms with E-state index in [4.69, 9.17) is 18.9 Å². The van der Waals surface area contributed by atoms with Crippen LogP contribution in [-0.2, 0) is 16.0 Å². The fourth-order valence-corrected chi connectivity index (χ4v) is 2.66. The van der Waals surface area contributed by atoms with E-state index in [1.54, 1.807) is 18.2 Å². The number of ether oxygens (including phenoxy) is 4. The van der Waals surface area contributed by atoms with Crippen LogP contribution in [-0.4, -0.2) is 45.9 Å². The molecule has 0 aliphatic rings. The normalized spacial score (nSPS) is 11.3. The van der Waals surface area contributed by atoms with E-state index >= 15 is 0 Å². The molecule has 0 unspecified atom stereocenters. The predicted molar refractivity (Wildman–Crippen MR) is 104 cm³/mol. The van der Waals surface area contributed by atoms with Gasteiger partial charge in [0.15, 0.2) is 17.6 Å². The highest BCUT2D eigenvalue weighted by Crippen LogP contribution is 2.40. The van der Waals surface area contributed by atoms with E-state index in [9.17, 15) is 14.0 Å². The summed E-state index contributed by atoms with van der Waals surface area (Å²) in [6.45, 7) is 1.80. The number of nitrogens with one attached hydrogen (secondary N) is 1. The van der Waals surface area contributed by atoms with Crippen LogP contribution in [0.3, 0.4) is 0 Å². The molecule has 1 amide bonds. The Morgan fingerprint density at radius 3 is 2.21 bits per heavy atom. The summed E-state index contributed by atoms with van der Waals surface area (Å²) in [5.41, 5.74) is 0.988. The van der Waals surface area contributed by atoms with E-state index < -0.39 is 18.0 Å². The minimum Gasteiger partial charge on any atom is -0.493 e. The maximum Gasteiger partial charge on any atom is 0.342 e. The van der Waals surface area contributed by atoms with Crippen LogP contribution >= 0.6 is 0 Å². The zero-order valence-corrected chi connectivity index (χ0v) is 16.8. The quantitative estimate of drug-likeness (QED) is 0.646. The molecule has 0 aromatic heterocycles. The molecule has 29 heavy (non-hydrogen) atoms.